The predicted octanol–water partition coefficient (Wildman–Crippen LogP) is 2.48. The van der Waals surface area contributed by atoms with E-state index in [-0.39, 0.29) is 12.4 Å². The van der Waals surface area contributed by atoms with Crippen molar-refractivity contribution in [2.24, 2.45) is 5.73 Å². The Morgan fingerprint density at radius 1 is 1.33 bits per heavy atom. The topological polar surface area (TPSA) is 66.5 Å². The van der Waals surface area contributed by atoms with Gasteiger partial charge in [-0.1, -0.05) is 0 Å². The predicted molar refractivity (Wildman–Crippen MR) is 61.9 cm³/mol. The van der Waals surface area contributed by atoms with E-state index in [0.717, 1.165) is 6.07 Å². The molecule has 0 unspecified atom stereocenters. The van der Waals surface area contributed by atoms with Crippen LogP contribution in [-0.4, -0.2) is 22.7 Å². The van der Waals surface area contributed by atoms with E-state index in [1.54, 1.807) is 0 Å². The van der Waals surface area contributed by atoms with Crippen LogP contribution in [0.1, 0.15) is 11.6 Å². The van der Waals surface area contributed by atoms with Crippen LogP contribution in [0.4, 0.5) is 17.6 Å². The lowest BCUT2D eigenvalue weighted by Crippen LogP contribution is -2.36. The van der Waals surface area contributed by atoms with E-state index >= 15 is 0 Å². The van der Waals surface area contributed by atoms with Gasteiger partial charge in [-0.25, -0.2) is 13.2 Å². The molecule has 9 heteroatoms. The van der Waals surface area contributed by atoms with E-state index in [4.69, 9.17) is 10.8 Å². The molecule has 1 rings (SSSR count). The monoisotopic (exact) mass is 353 g/mol. The number of aliphatic hydroxyl groups is 1. The minimum absolute atomic E-state index is 0. The molecule has 1 atom stereocenters. The fourth-order valence-electron chi connectivity index (χ4n) is 1.17. The number of nitrogens with two attached hydrogens (primary N) is 1. The zero-order valence-electron chi connectivity index (χ0n) is 8.63. The lowest BCUT2D eigenvalue weighted by atomic mass is 10.0. The van der Waals surface area contributed by atoms with Gasteiger partial charge < -0.3 is 15.9 Å². The summed E-state index contributed by atoms with van der Waals surface area (Å²) < 4.78 is 51.7. The minimum atomic E-state index is -3.76. The normalized spacial score (nSPS) is 13.1. The van der Waals surface area contributed by atoms with Crippen LogP contribution in [0.25, 0.3) is 0 Å². The molecule has 0 saturated heterocycles. The number of alkyl halides is 2. The van der Waals surface area contributed by atoms with Crippen LogP contribution >= 0.6 is 28.3 Å². The fourth-order valence-corrected chi connectivity index (χ4v) is 1.59. The fraction of sp³-hybridized carbons (Fsp3) is 0.333. The Morgan fingerprint density at radius 2 is 1.83 bits per heavy atom. The van der Waals surface area contributed by atoms with Crippen molar-refractivity contribution in [3.05, 3.63) is 27.7 Å². The Kier molecular flexibility index (Phi) is 5.86. The zero-order valence-corrected chi connectivity index (χ0v) is 11.0. The van der Waals surface area contributed by atoms with Crippen molar-refractivity contribution in [3.63, 3.8) is 0 Å². The highest BCUT2D eigenvalue weighted by Crippen LogP contribution is 2.38. The van der Waals surface area contributed by atoms with Gasteiger partial charge in [0.05, 0.1) is 4.47 Å². The second-order valence-corrected chi connectivity index (χ2v) is 4.18. The Morgan fingerprint density at radius 3 is 2.28 bits per heavy atom. The van der Waals surface area contributed by atoms with Gasteiger partial charge in [-0.15, -0.1) is 12.4 Å². The summed E-state index contributed by atoms with van der Waals surface area (Å²) in [6, 6.07) is -1.42. The van der Waals surface area contributed by atoms with Crippen LogP contribution in [0.3, 0.4) is 0 Å². The van der Waals surface area contributed by atoms with Crippen LogP contribution in [-0.2, 0) is 0 Å². The molecule has 18 heavy (non-hydrogen) atoms. The molecule has 0 fully saturated rings. The Balaban J connectivity index is 0.00000289. The van der Waals surface area contributed by atoms with Gasteiger partial charge in [0.2, 0.25) is 5.82 Å². The molecule has 104 valence electrons. The van der Waals surface area contributed by atoms with Crippen molar-refractivity contribution in [3.8, 4) is 5.75 Å². The molecule has 4 N–H and O–H groups in total. The molecule has 0 aliphatic rings. The van der Waals surface area contributed by atoms with Crippen LogP contribution in [0, 0.1) is 11.6 Å². The first kappa shape index (κ1) is 17.4. The standard InChI is InChI=1S/C9H8BrF4NO2.ClH/c10-4-1-3(7(17)6(12)5(4)11)8(15)9(13,14)2-16;/h1,8,16-17H,2,15H2;1H/t8-;/m0./s1. The summed E-state index contributed by atoms with van der Waals surface area (Å²) in [4.78, 5) is 0. The van der Waals surface area contributed by atoms with Crippen molar-refractivity contribution < 1.29 is 27.8 Å². The average molecular weight is 355 g/mol. The van der Waals surface area contributed by atoms with Gasteiger partial charge in [0.1, 0.15) is 12.6 Å². The molecule has 1 aromatic carbocycles. The number of aliphatic hydroxyl groups excluding tert-OH is 1. The van der Waals surface area contributed by atoms with Crippen molar-refractivity contribution >= 4 is 28.3 Å². The van der Waals surface area contributed by atoms with E-state index in [1.165, 1.54) is 0 Å². The molecular formula is C9H9BrClF4NO2. The first-order valence-corrected chi connectivity index (χ1v) is 5.12. The summed E-state index contributed by atoms with van der Waals surface area (Å²) in [5, 5.41) is 17.6. The smallest absolute Gasteiger partial charge is 0.289 e. The Hall–Kier alpha value is -0.570. The molecule has 0 aliphatic carbocycles. The van der Waals surface area contributed by atoms with Gasteiger partial charge >= 0.3 is 0 Å². The summed E-state index contributed by atoms with van der Waals surface area (Å²) in [5.41, 5.74) is 4.39. The van der Waals surface area contributed by atoms with Gasteiger partial charge in [-0.05, 0) is 22.0 Å². The highest BCUT2D eigenvalue weighted by atomic mass is 79.9. The minimum Gasteiger partial charge on any atom is -0.505 e. The third-order valence-corrected chi connectivity index (χ3v) is 2.74. The summed E-state index contributed by atoms with van der Waals surface area (Å²) in [6.07, 6.45) is 0. The van der Waals surface area contributed by atoms with E-state index in [1.807, 2.05) is 0 Å². The van der Waals surface area contributed by atoms with Gasteiger partial charge in [0, 0.05) is 5.56 Å². The number of hydrogen-bond acceptors (Lipinski definition) is 3. The molecule has 3 nitrogen and oxygen atoms in total. The van der Waals surface area contributed by atoms with E-state index in [0.29, 0.717) is 0 Å². The largest absolute Gasteiger partial charge is 0.505 e. The summed E-state index contributed by atoms with van der Waals surface area (Å²) in [6.45, 7) is -1.58. The van der Waals surface area contributed by atoms with Crippen LogP contribution < -0.4 is 5.73 Å². The molecule has 0 aliphatic heterocycles. The third-order valence-electron chi connectivity index (χ3n) is 2.17. The van der Waals surface area contributed by atoms with Crippen molar-refractivity contribution in [1.82, 2.24) is 0 Å². The van der Waals surface area contributed by atoms with Gasteiger partial charge in [-0.3, -0.25) is 0 Å². The van der Waals surface area contributed by atoms with Crippen LogP contribution in [0.15, 0.2) is 10.5 Å². The highest BCUT2D eigenvalue weighted by molar-refractivity contribution is 9.10. The maximum atomic E-state index is 13.1. The summed E-state index contributed by atoms with van der Waals surface area (Å²) >= 11 is 2.60. The number of aromatic hydroxyl groups is 1. The third kappa shape index (κ3) is 3.05. The second-order valence-electron chi connectivity index (χ2n) is 3.32. The molecule has 0 spiro atoms. The summed E-state index contributed by atoms with van der Waals surface area (Å²) in [5.74, 6) is -8.16. The maximum Gasteiger partial charge on any atom is 0.289 e. The zero-order chi connectivity index (χ0) is 13.4. The Bertz CT molecular complexity index is 447. The number of phenols is 1. The molecule has 0 heterocycles. The van der Waals surface area contributed by atoms with Gasteiger partial charge in [-0.2, -0.15) is 4.39 Å². The first-order valence-electron chi connectivity index (χ1n) is 4.33. The van der Waals surface area contributed by atoms with E-state index < -0.39 is 46.0 Å². The molecule has 0 aromatic heterocycles. The average Bonchev–Trinajstić information content (AvgIpc) is 2.30. The van der Waals surface area contributed by atoms with Gasteiger partial charge in [0.15, 0.2) is 11.6 Å². The van der Waals surface area contributed by atoms with Crippen molar-refractivity contribution in [2.45, 2.75) is 12.0 Å². The lowest BCUT2D eigenvalue weighted by molar-refractivity contribution is -0.0717. The second kappa shape index (κ2) is 6.05. The number of benzene rings is 1. The van der Waals surface area contributed by atoms with Crippen LogP contribution in [0.2, 0.25) is 0 Å². The number of halogens is 6. The van der Waals surface area contributed by atoms with E-state index in [2.05, 4.69) is 15.9 Å². The molecule has 1 aromatic rings. The molecule has 0 radical (unpaired) electrons. The first-order chi connectivity index (χ1) is 7.72. The van der Waals surface area contributed by atoms with Crippen molar-refractivity contribution in [2.75, 3.05) is 6.61 Å². The Labute approximate surface area is 114 Å². The SMILES string of the molecule is Cl.N[C@@H](c1cc(Br)c(F)c(F)c1O)C(F)(F)CO. The van der Waals surface area contributed by atoms with Gasteiger partial charge in [0.25, 0.3) is 5.92 Å². The van der Waals surface area contributed by atoms with E-state index in [9.17, 15) is 22.7 Å². The van der Waals surface area contributed by atoms with Crippen molar-refractivity contribution in [1.29, 1.82) is 0 Å². The number of rotatable bonds is 3. The molecule has 0 saturated carbocycles. The molecule has 0 bridgehead atoms. The number of phenolic OH excluding ortho intramolecular Hbond substituents is 1. The number of hydrogen-bond donors (Lipinski definition) is 3. The maximum absolute atomic E-state index is 13.1. The lowest BCUT2D eigenvalue weighted by Gasteiger charge is -2.22. The quantitative estimate of drug-likeness (QED) is 0.577. The highest BCUT2D eigenvalue weighted by Gasteiger charge is 2.39. The van der Waals surface area contributed by atoms with Crippen LogP contribution in [0.5, 0.6) is 5.75 Å². The molecule has 0 amide bonds. The summed E-state index contributed by atoms with van der Waals surface area (Å²) in [7, 11) is 0. The molecular weight excluding hydrogens is 345 g/mol.